The first kappa shape index (κ1) is 23.5. The van der Waals surface area contributed by atoms with Gasteiger partial charge in [0.15, 0.2) is 0 Å². The molecule has 31 heavy (non-hydrogen) atoms. The Bertz CT molecular complexity index is 687. The summed E-state index contributed by atoms with van der Waals surface area (Å²) < 4.78 is 6.42. The van der Waals surface area contributed by atoms with E-state index in [0.29, 0.717) is 35.2 Å². The van der Waals surface area contributed by atoms with Crippen molar-refractivity contribution in [2.24, 2.45) is 34.5 Å². The molecule has 7 unspecified atom stereocenters. The van der Waals surface area contributed by atoms with Gasteiger partial charge in [-0.2, -0.15) is 0 Å². The van der Waals surface area contributed by atoms with Crippen molar-refractivity contribution in [2.75, 3.05) is 6.61 Å². The minimum absolute atomic E-state index is 0.171. The zero-order valence-electron chi connectivity index (χ0n) is 20.6. The van der Waals surface area contributed by atoms with E-state index in [1.54, 1.807) is 5.57 Å². The van der Waals surface area contributed by atoms with Gasteiger partial charge in [0, 0.05) is 12.0 Å². The van der Waals surface area contributed by atoms with Gasteiger partial charge in [-0.15, -0.1) is 0 Å². The Morgan fingerprint density at radius 2 is 1.68 bits per heavy atom. The Kier molecular flexibility index (Phi) is 6.79. The molecule has 0 aromatic heterocycles. The lowest BCUT2D eigenvalue weighted by molar-refractivity contribution is -0.0403. The summed E-state index contributed by atoms with van der Waals surface area (Å²) in [5.74, 6) is 2.57. The van der Waals surface area contributed by atoms with Gasteiger partial charge >= 0.3 is 0 Å². The highest BCUT2D eigenvalue weighted by molar-refractivity contribution is 5.28. The topological polar surface area (TPSA) is 49.7 Å². The number of ether oxygens (including phenoxy) is 1. The maximum absolute atomic E-state index is 10.6. The zero-order valence-corrected chi connectivity index (χ0v) is 20.6. The maximum Gasteiger partial charge on any atom is 0.0658 e. The predicted octanol–water partition coefficient (Wildman–Crippen LogP) is 6.05. The Morgan fingerprint density at radius 1 is 1.00 bits per heavy atom. The largest absolute Gasteiger partial charge is 0.392 e. The summed E-state index contributed by atoms with van der Waals surface area (Å²) >= 11 is 0. The number of fused-ring (bicyclic) bond motifs is 1. The van der Waals surface area contributed by atoms with E-state index < -0.39 is 0 Å². The average Bonchev–Trinajstić information content (AvgIpc) is 3.45. The maximum atomic E-state index is 10.6. The van der Waals surface area contributed by atoms with E-state index in [4.69, 9.17) is 4.74 Å². The lowest BCUT2D eigenvalue weighted by atomic mass is 9.62. The Morgan fingerprint density at radius 3 is 2.29 bits per heavy atom. The summed E-state index contributed by atoms with van der Waals surface area (Å²) in [6, 6.07) is 0. The third-order valence-electron chi connectivity index (χ3n) is 9.96. The molecule has 7 atom stereocenters. The van der Waals surface area contributed by atoms with Crippen LogP contribution >= 0.6 is 0 Å². The lowest BCUT2D eigenvalue weighted by Crippen LogP contribution is -2.39. The molecule has 2 N–H and O–H groups in total. The number of hydrogen-bond acceptors (Lipinski definition) is 3. The van der Waals surface area contributed by atoms with Crippen LogP contribution in [-0.4, -0.2) is 35.1 Å². The first-order chi connectivity index (χ1) is 14.7. The van der Waals surface area contributed by atoms with Gasteiger partial charge in [0.05, 0.1) is 18.3 Å². The molecule has 0 saturated heterocycles. The fourth-order valence-corrected chi connectivity index (χ4v) is 7.04. The molecule has 4 aliphatic rings. The molecule has 4 aliphatic carbocycles. The summed E-state index contributed by atoms with van der Waals surface area (Å²) in [7, 11) is 0. The van der Waals surface area contributed by atoms with Crippen LogP contribution in [0.1, 0.15) is 92.4 Å². The minimum atomic E-state index is -0.361. The quantitative estimate of drug-likeness (QED) is 0.539. The van der Waals surface area contributed by atoms with Crippen LogP contribution in [0.25, 0.3) is 0 Å². The van der Waals surface area contributed by atoms with Gasteiger partial charge in [0.1, 0.15) is 0 Å². The van der Waals surface area contributed by atoms with E-state index in [2.05, 4.69) is 46.8 Å². The Balaban J connectivity index is 1.42. The van der Waals surface area contributed by atoms with Crippen molar-refractivity contribution >= 4 is 0 Å². The summed E-state index contributed by atoms with van der Waals surface area (Å²) in [6.07, 6.45) is 14.0. The van der Waals surface area contributed by atoms with E-state index >= 15 is 0 Å². The molecule has 0 aliphatic heterocycles. The van der Waals surface area contributed by atoms with Gasteiger partial charge in [0.2, 0.25) is 0 Å². The van der Waals surface area contributed by atoms with Gasteiger partial charge in [-0.25, -0.2) is 0 Å². The predicted molar refractivity (Wildman–Crippen MR) is 127 cm³/mol. The van der Waals surface area contributed by atoms with Crippen LogP contribution in [0, 0.1) is 34.5 Å². The van der Waals surface area contributed by atoms with Crippen LogP contribution in [0.2, 0.25) is 0 Å². The summed E-state index contributed by atoms with van der Waals surface area (Å²) in [4.78, 5) is 0. The van der Waals surface area contributed by atoms with Crippen molar-refractivity contribution in [1.82, 2.24) is 0 Å². The second kappa shape index (κ2) is 8.95. The van der Waals surface area contributed by atoms with Crippen molar-refractivity contribution in [1.29, 1.82) is 0 Å². The normalized spacial score (nSPS) is 40.3. The van der Waals surface area contributed by atoms with Gasteiger partial charge in [-0.3, -0.25) is 0 Å². The average molecular weight is 431 g/mol. The molecular formula is C28H46O3. The SMILES string of the molecule is CC(C)C(C)COC(C)C1CCC2C(=CC=C3CC(O)C4(CC4)C(O)C3)CCCC21C. The molecule has 0 bridgehead atoms. The summed E-state index contributed by atoms with van der Waals surface area (Å²) in [5.41, 5.74) is 3.00. The van der Waals surface area contributed by atoms with Gasteiger partial charge < -0.3 is 14.9 Å². The number of hydrogen-bond donors (Lipinski definition) is 2. The van der Waals surface area contributed by atoms with Crippen molar-refractivity contribution in [3.63, 3.8) is 0 Å². The monoisotopic (exact) mass is 430 g/mol. The molecule has 0 aromatic carbocycles. The second-order valence-corrected chi connectivity index (χ2v) is 12.1. The van der Waals surface area contributed by atoms with Crippen LogP contribution in [0.15, 0.2) is 23.3 Å². The molecular weight excluding hydrogens is 384 g/mol. The minimum Gasteiger partial charge on any atom is -0.392 e. The Hall–Kier alpha value is -0.640. The van der Waals surface area contributed by atoms with Crippen LogP contribution in [0.3, 0.4) is 0 Å². The number of aliphatic hydroxyl groups is 2. The smallest absolute Gasteiger partial charge is 0.0658 e. The number of allylic oxidation sites excluding steroid dienone is 3. The molecule has 0 radical (unpaired) electrons. The van der Waals surface area contributed by atoms with E-state index in [1.165, 1.54) is 37.7 Å². The summed E-state index contributed by atoms with van der Waals surface area (Å²) in [5, 5.41) is 21.1. The van der Waals surface area contributed by atoms with Crippen molar-refractivity contribution in [3.8, 4) is 0 Å². The molecule has 0 heterocycles. The molecule has 4 saturated carbocycles. The van der Waals surface area contributed by atoms with Gasteiger partial charge in [-0.05, 0) is 93.8 Å². The van der Waals surface area contributed by atoms with Gasteiger partial charge in [-0.1, -0.05) is 51.0 Å². The van der Waals surface area contributed by atoms with E-state index in [0.717, 1.165) is 32.3 Å². The second-order valence-electron chi connectivity index (χ2n) is 12.1. The van der Waals surface area contributed by atoms with Crippen molar-refractivity contribution in [2.45, 2.75) is 111 Å². The summed E-state index contributed by atoms with van der Waals surface area (Å²) in [6.45, 7) is 12.6. The molecule has 4 rings (SSSR count). The molecule has 0 amide bonds. The molecule has 4 fully saturated rings. The van der Waals surface area contributed by atoms with Crippen molar-refractivity contribution < 1.29 is 14.9 Å². The first-order valence-corrected chi connectivity index (χ1v) is 13.0. The lowest BCUT2D eigenvalue weighted by Gasteiger charge is -2.44. The third-order valence-corrected chi connectivity index (χ3v) is 9.96. The fourth-order valence-electron chi connectivity index (χ4n) is 7.04. The third kappa shape index (κ3) is 4.44. The molecule has 0 aromatic rings. The van der Waals surface area contributed by atoms with Crippen LogP contribution in [0.4, 0.5) is 0 Å². The Labute approximate surface area is 190 Å². The van der Waals surface area contributed by atoms with Crippen LogP contribution in [0.5, 0.6) is 0 Å². The zero-order chi connectivity index (χ0) is 22.4. The molecule has 3 heteroatoms. The number of rotatable bonds is 6. The van der Waals surface area contributed by atoms with Crippen LogP contribution in [-0.2, 0) is 4.74 Å². The fraction of sp³-hybridized carbons (Fsp3) is 0.857. The number of aliphatic hydroxyl groups excluding tert-OH is 2. The van der Waals surface area contributed by atoms with Gasteiger partial charge in [0.25, 0.3) is 0 Å². The molecule has 1 spiro atoms. The van der Waals surface area contributed by atoms with Crippen LogP contribution < -0.4 is 0 Å². The van der Waals surface area contributed by atoms with E-state index in [9.17, 15) is 10.2 Å². The standard InChI is InChI=1S/C28H46O3/c1-18(2)19(3)17-31-20(4)23-10-11-24-22(7-6-12-27(23,24)5)9-8-21-15-25(29)28(13-14-28)26(30)16-21/h8-9,18-20,23-26,29-30H,6-7,10-17H2,1-5H3. The highest BCUT2D eigenvalue weighted by Gasteiger charge is 2.56. The first-order valence-electron chi connectivity index (χ1n) is 13.0. The van der Waals surface area contributed by atoms with E-state index in [-0.39, 0.29) is 17.6 Å². The van der Waals surface area contributed by atoms with E-state index in [1.807, 2.05) is 0 Å². The van der Waals surface area contributed by atoms with Crippen molar-refractivity contribution in [3.05, 3.63) is 23.3 Å². The highest BCUT2D eigenvalue weighted by atomic mass is 16.5. The molecule has 176 valence electrons. The highest BCUT2D eigenvalue weighted by Crippen LogP contribution is 2.59. The molecule has 3 nitrogen and oxygen atoms in total.